The van der Waals surface area contributed by atoms with E-state index < -0.39 is 11.6 Å². The lowest BCUT2D eigenvalue weighted by atomic mass is 9.99. The molecule has 126 valence electrons. The summed E-state index contributed by atoms with van der Waals surface area (Å²) in [4.78, 5) is 22.5. The van der Waals surface area contributed by atoms with Crippen LogP contribution in [0.5, 0.6) is 0 Å². The summed E-state index contributed by atoms with van der Waals surface area (Å²) in [6.45, 7) is 3.61. The first kappa shape index (κ1) is 16.3. The Hall–Kier alpha value is -2.57. The van der Waals surface area contributed by atoms with Gasteiger partial charge in [0.15, 0.2) is 11.6 Å². The van der Waals surface area contributed by atoms with Crippen LogP contribution in [0, 0.1) is 17.6 Å². The summed E-state index contributed by atoms with van der Waals surface area (Å²) in [6.07, 6.45) is 3.43. The SMILES string of the molecule is CC1CCN(C(=O)c2ccnc(Nc3ccc(F)c(F)c3)n2)CC1. The Balaban J connectivity index is 1.73. The standard InChI is InChI=1S/C17H18F2N4O/c1-11-5-8-23(9-6-11)16(24)15-4-7-20-17(22-15)21-12-2-3-13(18)14(19)10-12/h2-4,7,10-11H,5-6,8-9H2,1H3,(H,20,21,22). The van der Waals surface area contributed by atoms with Gasteiger partial charge in [0, 0.05) is 31.0 Å². The fourth-order valence-electron chi connectivity index (χ4n) is 2.61. The van der Waals surface area contributed by atoms with Gasteiger partial charge in [-0.3, -0.25) is 4.79 Å². The van der Waals surface area contributed by atoms with E-state index in [9.17, 15) is 13.6 Å². The first-order chi connectivity index (χ1) is 11.5. The second-order valence-corrected chi connectivity index (χ2v) is 5.99. The molecule has 1 aliphatic rings. The van der Waals surface area contributed by atoms with E-state index in [-0.39, 0.29) is 17.5 Å². The number of carbonyl (C=O) groups is 1. The summed E-state index contributed by atoms with van der Waals surface area (Å²) in [5.41, 5.74) is 0.593. The van der Waals surface area contributed by atoms with E-state index in [0.717, 1.165) is 38.1 Å². The van der Waals surface area contributed by atoms with E-state index >= 15 is 0 Å². The Labute approximate surface area is 138 Å². The van der Waals surface area contributed by atoms with Gasteiger partial charge in [0.2, 0.25) is 5.95 Å². The molecule has 0 unspecified atom stereocenters. The highest BCUT2D eigenvalue weighted by atomic mass is 19.2. The summed E-state index contributed by atoms with van der Waals surface area (Å²) in [5.74, 6) is -1.24. The van der Waals surface area contributed by atoms with Crippen molar-refractivity contribution in [2.75, 3.05) is 18.4 Å². The second kappa shape index (κ2) is 6.90. The number of hydrogen-bond donors (Lipinski definition) is 1. The van der Waals surface area contributed by atoms with Crippen LogP contribution in [0.4, 0.5) is 20.4 Å². The fourth-order valence-corrected chi connectivity index (χ4v) is 2.61. The van der Waals surface area contributed by atoms with E-state index in [1.165, 1.54) is 12.3 Å². The van der Waals surface area contributed by atoms with Crippen molar-refractivity contribution in [1.29, 1.82) is 0 Å². The lowest BCUT2D eigenvalue weighted by Crippen LogP contribution is -2.38. The topological polar surface area (TPSA) is 58.1 Å². The van der Waals surface area contributed by atoms with Gasteiger partial charge in [-0.15, -0.1) is 0 Å². The minimum atomic E-state index is -0.963. The first-order valence-electron chi connectivity index (χ1n) is 7.87. The Morgan fingerprint density at radius 3 is 2.67 bits per heavy atom. The lowest BCUT2D eigenvalue weighted by molar-refractivity contribution is 0.0691. The van der Waals surface area contributed by atoms with Gasteiger partial charge in [-0.25, -0.2) is 18.7 Å². The van der Waals surface area contributed by atoms with Crippen molar-refractivity contribution in [3.05, 3.63) is 47.8 Å². The molecule has 1 N–H and O–H groups in total. The third-order valence-electron chi connectivity index (χ3n) is 4.12. The first-order valence-corrected chi connectivity index (χ1v) is 7.87. The second-order valence-electron chi connectivity index (χ2n) is 5.99. The molecule has 0 bridgehead atoms. The van der Waals surface area contributed by atoms with Crippen LogP contribution in [-0.2, 0) is 0 Å². The molecule has 1 saturated heterocycles. The number of aromatic nitrogens is 2. The zero-order valence-corrected chi connectivity index (χ0v) is 13.3. The van der Waals surface area contributed by atoms with Gasteiger partial charge in [-0.1, -0.05) is 6.92 Å². The average Bonchev–Trinajstić information content (AvgIpc) is 2.58. The highest BCUT2D eigenvalue weighted by Gasteiger charge is 2.22. The average molecular weight is 332 g/mol. The molecule has 1 amide bonds. The molecule has 1 aromatic carbocycles. The highest BCUT2D eigenvalue weighted by molar-refractivity contribution is 5.92. The number of carbonyl (C=O) groups excluding carboxylic acids is 1. The maximum Gasteiger partial charge on any atom is 0.272 e. The van der Waals surface area contributed by atoms with Gasteiger partial charge in [-0.05, 0) is 37.0 Å². The van der Waals surface area contributed by atoms with Crippen LogP contribution < -0.4 is 5.32 Å². The summed E-state index contributed by atoms with van der Waals surface area (Å²) < 4.78 is 26.2. The fraction of sp³-hybridized carbons (Fsp3) is 0.353. The molecule has 1 aromatic heterocycles. The van der Waals surface area contributed by atoms with E-state index in [0.29, 0.717) is 11.6 Å². The number of halogens is 2. The molecule has 0 radical (unpaired) electrons. The molecule has 24 heavy (non-hydrogen) atoms. The van der Waals surface area contributed by atoms with Crippen LogP contribution >= 0.6 is 0 Å². The normalized spacial score (nSPS) is 15.4. The van der Waals surface area contributed by atoms with Crippen LogP contribution in [0.15, 0.2) is 30.5 Å². The lowest BCUT2D eigenvalue weighted by Gasteiger charge is -2.30. The molecule has 7 heteroatoms. The summed E-state index contributed by atoms with van der Waals surface area (Å²) >= 11 is 0. The van der Waals surface area contributed by atoms with Crippen molar-refractivity contribution < 1.29 is 13.6 Å². The molecule has 1 aliphatic heterocycles. The molecule has 2 heterocycles. The number of amides is 1. The zero-order chi connectivity index (χ0) is 17.1. The largest absolute Gasteiger partial charge is 0.337 e. The number of piperidine rings is 1. The molecule has 0 saturated carbocycles. The molecule has 0 aliphatic carbocycles. The Bertz CT molecular complexity index is 745. The van der Waals surface area contributed by atoms with Gasteiger partial charge in [0.05, 0.1) is 0 Å². The van der Waals surface area contributed by atoms with Gasteiger partial charge in [0.25, 0.3) is 5.91 Å². The maximum atomic E-state index is 13.2. The molecular weight excluding hydrogens is 314 g/mol. The minimum Gasteiger partial charge on any atom is -0.337 e. The van der Waals surface area contributed by atoms with Crippen molar-refractivity contribution >= 4 is 17.5 Å². The van der Waals surface area contributed by atoms with Crippen molar-refractivity contribution in [2.45, 2.75) is 19.8 Å². The molecule has 5 nitrogen and oxygen atoms in total. The van der Waals surface area contributed by atoms with Gasteiger partial charge in [-0.2, -0.15) is 0 Å². The van der Waals surface area contributed by atoms with Crippen molar-refractivity contribution in [1.82, 2.24) is 14.9 Å². The minimum absolute atomic E-state index is 0.141. The van der Waals surface area contributed by atoms with Crippen molar-refractivity contribution in [2.24, 2.45) is 5.92 Å². The van der Waals surface area contributed by atoms with E-state index in [1.807, 2.05) is 0 Å². The summed E-state index contributed by atoms with van der Waals surface area (Å²) in [5, 5.41) is 2.78. The van der Waals surface area contributed by atoms with Crippen molar-refractivity contribution in [3.63, 3.8) is 0 Å². The zero-order valence-electron chi connectivity index (χ0n) is 13.3. The quantitative estimate of drug-likeness (QED) is 0.936. The van der Waals surface area contributed by atoms with E-state index in [2.05, 4.69) is 22.2 Å². The van der Waals surface area contributed by atoms with E-state index in [1.54, 1.807) is 11.0 Å². The Kier molecular flexibility index (Phi) is 4.69. The third-order valence-corrected chi connectivity index (χ3v) is 4.12. The number of anilines is 2. The highest BCUT2D eigenvalue weighted by Crippen LogP contribution is 2.19. The number of benzene rings is 1. The molecule has 0 atom stereocenters. The smallest absolute Gasteiger partial charge is 0.272 e. The number of nitrogens with zero attached hydrogens (tertiary/aromatic N) is 3. The Morgan fingerprint density at radius 2 is 1.96 bits per heavy atom. The van der Waals surface area contributed by atoms with Crippen LogP contribution in [0.3, 0.4) is 0 Å². The number of hydrogen-bond acceptors (Lipinski definition) is 4. The number of likely N-dealkylation sites (tertiary alicyclic amines) is 1. The summed E-state index contributed by atoms with van der Waals surface area (Å²) in [6, 6.07) is 4.96. The van der Waals surface area contributed by atoms with Gasteiger partial charge in [0.1, 0.15) is 5.69 Å². The van der Waals surface area contributed by atoms with Gasteiger partial charge >= 0.3 is 0 Å². The van der Waals surface area contributed by atoms with Crippen LogP contribution in [0.25, 0.3) is 0 Å². The number of rotatable bonds is 3. The van der Waals surface area contributed by atoms with Crippen LogP contribution in [0.1, 0.15) is 30.3 Å². The molecule has 0 spiro atoms. The monoisotopic (exact) mass is 332 g/mol. The van der Waals surface area contributed by atoms with E-state index in [4.69, 9.17) is 0 Å². The predicted octanol–water partition coefficient (Wildman–Crippen LogP) is 3.37. The third kappa shape index (κ3) is 3.67. The molecule has 1 fully saturated rings. The summed E-state index contributed by atoms with van der Waals surface area (Å²) in [7, 11) is 0. The van der Waals surface area contributed by atoms with Gasteiger partial charge < -0.3 is 10.2 Å². The molecular formula is C17H18F2N4O. The van der Waals surface area contributed by atoms with Crippen LogP contribution in [0.2, 0.25) is 0 Å². The maximum absolute atomic E-state index is 13.2. The molecule has 3 rings (SSSR count). The number of nitrogens with one attached hydrogen (secondary N) is 1. The van der Waals surface area contributed by atoms with Crippen LogP contribution in [-0.4, -0.2) is 33.9 Å². The Morgan fingerprint density at radius 1 is 1.21 bits per heavy atom. The predicted molar refractivity (Wildman–Crippen MR) is 86.0 cm³/mol. The van der Waals surface area contributed by atoms with Crippen molar-refractivity contribution in [3.8, 4) is 0 Å². The molecule has 2 aromatic rings.